The lowest BCUT2D eigenvalue weighted by Crippen LogP contribution is -2.42. The molecule has 134 valence electrons. The fraction of sp³-hybridized carbons (Fsp3) is 0.400. The minimum absolute atomic E-state index is 0.0529. The van der Waals surface area contributed by atoms with Crippen molar-refractivity contribution in [2.24, 2.45) is 5.92 Å². The van der Waals surface area contributed by atoms with Crippen LogP contribution in [0.2, 0.25) is 0 Å². The molecule has 0 aliphatic heterocycles. The molecule has 1 N–H and O–H groups in total. The van der Waals surface area contributed by atoms with E-state index < -0.39 is 24.3 Å². The maximum Gasteiger partial charge on any atom is 0.328 e. The molecule has 0 heterocycles. The molecule has 0 radical (unpaired) electrons. The monoisotopic (exact) mass is 347 g/mol. The third kappa shape index (κ3) is 4.84. The summed E-state index contributed by atoms with van der Waals surface area (Å²) in [7, 11) is 0. The number of ketones is 1. The molecule has 0 saturated carbocycles. The van der Waals surface area contributed by atoms with Gasteiger partial charge in [-0.15, -0.1) is 0 Å². The second-order valence-corrected chi connectivity index (χ2v) is 6.59. The maximum absolute atomic E-state index is 14.3. The van der Waals surface area contributed by atoms with Gasteiger partial charge in [0.2, 0.25) is 0 Å². The predicted octanol–water partition coefficient (Wildman–Crippen LogP) is 4.37. The molecular formula is C20H23F2NO2. The van der Waals surface area contributed by atoms with Crippen LogP contribution in [0.1, 0.15) is 44.7 Å². The molecule has 1 aromatic rings. The van der Waals surface area contributed by atoms with Gasteiger partial charge in [-0.1, -0.05) is 48.6 Å². The number of allylic oxidation sites excluding steroid dienone is 3. The number of hydrogen-bond acceptors (Lipinski definition) is 2. The van der Waals surface area contributed by atoms with E-state index in [9.17, 15) is 18.4 Å². The molecule has 3 nitrogen and oxygen atoms in total. The molecule has 2 rings (SSSR count). The number of carbonyl (C=O) groups excluding carboxylic acids is 2. The van der Waals surface area contributed by atoms with Gasteiger partial charge in [-0.05, 0) is 37.3 Å². The first-order valence-electron chi connectivity index (χ1n) is 8.32. The van der Waals surface area contributed by atoms with E-state index in [0.29, 0.717) is 12.0 Å². The van der Waals surface area contributed by atoms with Crippen LogP contribution in [-0.2, 0) is 9.59 Å². The number of Topliss-reactive ketones (excluding diaryl/α,β-unsaturated/α-hetero) is 1. The first-order chi connectivity index (χ1) is 11.7. The highest BCUT2D eigenvalue weighted by molar-refractivity contribution is 5.95. The molecule has 0 spiro atoms. The van der Waals surface area contributed by atoms with Crippen LogP contribution in [0.5, 0.6) is 0 Å². The molecule has 0 aromatic heterocycles. The molecule has 25 heavy (non-hydrogen) atoms. The molecule has 2 unspecified atom stereocenters. The summed E-state index contributed by atoms with van der Waals surface area (Å²) in [5, 5.41) is 2.35. The molecule has 2 atom stereocenters. The summed E-state index contributed by atoms with van der Waals surface area (Å²) < 4.78 is 28.6. The van der Waals surface area contributed by atoms with Gasteiger partial charge >= 0.3 is 5.92 Å². The van der Waals surface area contributed by atoms with Crippen LogP contribution in [0.25, 0.3) is 0 Å². The Balaban J connectivity index is 1.97. The number of amides is 1. The number of hydrogen-bond donors (Lipinski definition) is 1. The number of carbonyl (C=O) groups is 2. The molecule has 1 aromatic carbocycles. The standard InChI is InChI=1S/C20H23F2NO2/c1-13-9-10-17(11-18(13)24)14(2)12-20(21,22)19(25)23-15(3)16-7-5-4-6-8-16/h4-9,15,17H,2,10-12H2,1,3H3,(H,23,25). The minimum Gasteiger partial charge on any atom is -0.344 e. The van der Waals surface area contributed by atoms with E-state index in [2.05, 4.69) is 11.9 Å². The largest absolute Gasteiger partial charge is 0.344 e. The van der Waals surface area contributed by atoms with Gasteiger partial charge in [0.05, 0.1) is 6.04 Å². The summed E-state index contributed by atoms with van der Waals surface area (Å²) in [6.07, 6.45) is 1.69. The summed E-state index contributed by atoms with van der Waals surface area (Å²) in [6.45, 7) is 7.08. The Labute approximate surface area is 146 Å². The Bertz CT molecular complexity index is 695. The summed E-state index contributed by atoms with van der Waals surface area (Å²) in [6, 6.07) is 8.41. The van der Waals surface area contributed by atoms with Crippen molar-refractivity contribution in [2.45, 2.75) is 45.1 Å². The molecule has 5 heteroatoms. The summed E-state index contributed by atoms with van der Waals surface area (Å²) in [5.74, 6) is -5.26. The summed E-state index contributed by atoms with van der Waals surface area (Å²) in [5.41, 5.74) is 1.65. The summed E-state index contributed by atoms with van der Waals surface area (Å²) >= 11 is 0. The molecule has 0 saturated heterocycles. The average Bonchev–Trinajstić information content (AvgIpc) is 2.57. The average molecular weight is 347 g/mol. The zero-order chi connectivity index (χ0) is 18.6. The molecular weight excluding hydrogens is 324 g/mol. The van der Waals surface area contributed by atoms with Crippen LogP contribution in [-0.4, -0.2) is 17.6 Å². The fourth-order valence-electron chi connectivity index (χ4n) is 2.85. The molecule has 0 bridgehead atoms. The second-order valence-electron chi connectivity index (χ2n) is 6.59. The fourth-order valence-corrected chi connectivity index (χ4v) is 2.85. The van der Waals surface area contributed by atoms with Gasteiger partial charge in [0.25, 0.3) is 5.91 Å². The Hall–Kier alpha value is -2.30. The summed E-state index contributed by atoms with van der Waals surface area (Å²) in [4.78, 5) is 23.7. The topological polar surface area (TPSA) is 46.2 Å². The van der Waals surface area contributed by atoms with E-state index in [0.717, 1.165) is 5.56 Å². The van der Waals surface area contributed by atoms with Gasteiger partial charge in [0.1, 0.15) is 0 Å². The van der Waals surface area contributed by atoms with Crippen LogP contribution in [0.3, 0.4) is 0 Å². The lowest BCUT2D eigenvalue weighted by atomic mass is 9.82. The Morgan fingerprint density at radius 2 is 2.00 bits per heavy atom. The number of halogens is 2. The van der Waals surface area contributed by atoms with Gasteiger partial charge in [-0.25, -0.2) is 0 Å². The van der Waals surface area contributed by atoms with Gasteiger partial charge in [-0.3, -0.25) is 9.59 Å². The maximum atomic E-state index is 14.3. The quantitative estimate of drug-likeness (QED) is 0.777. The van der Waals surface area contributed by atoms with Crippen molar-refractivity contribution in [1.82, 2.24) is 5.32 Å². The number of alkyl halides is 2. The number of benzene rings is 1. The highest BCUT2D eigenvalue weighted by Gasteiger charge is 2.41. The Kier molecular flexibility index (Phi) is 5.88. The Morgan fingerprint density at radius 3 is 2.60 bits per heavy atom. The first kappa shape index (κ1) is 19.0. The highest BCUT2D eigenvalue weighted by Crippen LogP contribution is 2.33. The number of rotatable bonds is 6. The van der Waals surface area contributed by atoms with Crippen LogP contribution >= 0.6 is 0 Å². The van der Waals surface area contributed by atoms with Crippen LogP contribution < -0.4 is 5.32 Å². The third-order valence-electron chi connectivity index (χ3n) is 4.59. The van der Waals surface area contributed by atoms with E-state index in [-0.39, 0.29) is 23.7 Å². The van der Waals surface area contributed by atoms with E-state index in [1.807, 2.05) is 6.07 Å². The van der Waals surface area contributed by atoms with E-state index in [1.54, 1.807) is 44.2 Å². The molecule has 1 amide bonds. The predicted molar refractivity (Wildman–Crippen MR) is 93.2 cm³/mol. The number of nitrogens with one attached hydrogen (secondary N) is 1. The molecule has 0 fully saturated rings. The van der Waals surface area contributed by atoms with Crippen molar-refractivity contribution >= 4 is 11.7 Å². The van der Waals surface area contributed by atoms with Crippen molar-refractivity contribution in [3.8, 4) is 0 Å². The van der Waals surface area contributed by atoms with Crippen LogP contribution in [0, 0.1) is 5.92 Å². The van der Waals surface area contributed by atoms with Crippen molar-refractivity contribution < 1.29 is 18.4 Å². The zero-order valence-electron chi connectivity index (χ0n) is 14.5. The minimum atomic E-state index is -3.56. The van der Waals surface area contributed by atoms with Gasteiger partial charge in [0.15, 0.2) is 5.78 Å². The van der Waals surface area contributed by atoms with Crippen molar-refractivity contribution in [3.05, 3.63) is 59.7 Å². The van der Waals surface area contributed by atoms with Gasteiger partial charge in [-0.2, -0.15) is 8.78 Å². The second kappa shape index (κ2) is 7.72. The zero-order valence-corrected chi connectivity index (χ0v) is 14.5. The van der Waals surface area contributed by atoms with Crippen molar-refractivity contribution in [3.63, 3.8) is 0 Å². The lowest BCUT2D eigenvalue weighted by Gasteiger charge is -2.25. The highest BCUT2D eigenvalue weighted by atomic mass is 19.3. The molecule has 1 aliphatic rings. The third-order valence-corrected chi connectivity index (χ3v) is 4.59. The van der Waals surface area contributed by atoms with Crippen LogP contribution in [0.15, 0.2) is 54.1 Å². The first-order valence-corrected chi connectivity index (χ1v) is 8.32. The van der Waals surface area contributed by atoms with Gasteiger partial charge in [0, 0.05) is 12.8 Å². The van der Waals surface area contributed by atoms with Crippen molar-refractivity contribution in [1.29, 1.82) is 0 Å². The normalized spacial score (nSPS) is 19.1. The van der Waals surface area contributed by atoms with Crippen LogP contribution in [0.4, 0.5) is 8.78 Å². The van der Waals surface area contributed by atoms with E-state index >= 15 is 0 Å². The van der Waals surface area contributed by atoms with E-state index in [1.165, 1.54) is 0 Å². The van der Waals surface area contributed by atoms with E-state index in [4.69, 9.17) is 0 Å². The molecule has 1 aliphatic carbocycles. The lowest BCUT2D eigenvalue weighted by molar-refractivity contribution is -0.146. The van der Waals surface area contributed by atoms with Crippen molar-refractivity contribution in [2.75, 3.05) is 0 Å². The smallest absolute Gasteiger partial charge is 0.328 e. The van der Waals surface area contributed by atoms with Gasteiger partial charge < -0.3 is 5.32 Å². The Morgan fingerprint density at radius 1 is 1.36 bits per heavy atom. The SMILES string of the molecule is C=C(CC(F)(F)C(=O)NC(C)c1ccccc1)C1CC=C(C)C(=O)C1.